The molecule has 0 saturated carbocycles. The number of carbonyl (C=O) groups excluding carboxylic acids is 2. The number of rotatable bonds is 9. The number of nitrogens with one attached hydrogen (secondary N) is 1. The molecule has 2 atom stereocenters. The predicted molar refractivity (Wildman–Crippen MR) is 125 cm³/mol. The topological polar surface area (TPSA) is 84.0 Å². The van der Waals surface area contributed by atoms with Crippen LogP contribution in [0.3, 0.4) is 0 Å². The van der Waals surface area contributed by atoms with Gasteiger partial charge in [0, 0.05) is 38.9 Å². The van der Waals surface area contributed by atoms with Crippen molar-refractivity contribution in [2.75, 3.05) is 49.7 Å². The summed E-state index contributed by atoms with van der Waals surface area (Å²) in [5.74, 6) is 1.21. The Hall–Kier alpha value is -2.06. The molecule has 1 aromatic rings. The molecular weight excluding hydrogens is 432 g/mol. The number of carbonyl (C=O) groups is 2. The van der Waals surface area contributed by atoms with Gasteiger partial charge in [-0.05, 0) is 56.9 Å². The number of halogens is 1. The third-order valence-corrected chi connectivity index (χ3v) is 6.42. The zero-order valence-corrected chi connectivity index (χ0v) is 19.7. The summed E-state index contributed by atoms with van der Waals surface area (Å²) in [6.07, 6.45) is 8.99. The lowest BCUT2D eigenvalue weighted by atomic mass is 9.94. The summed E-state index contributed by atoms with van der Waals surface area (Å²) in [5, 5.41) is 3.16. The van der Waals surface area contributed by atoms with Gasteiger partial charge in [-0.1, -0.05) is 18.5 Å². The Morgan fingerprint density at radius 1 is 1.38 bits per heavy atom. The molecule has 1 N–H and O–H groups in total. The van der Waals surface area contributed by atoms with Gasteiger partial charge in [-0.2, -0.15) is 0 Å². The molecule has 2 saturated heterocycles. The predicted octanol–water partition coefficient (Wildman–Crippen LogP) is 4.33. The van der Waals surface area contributed by atoms with Crippen molar-refractivity contribution >= 4 is 35.6 Å². The summed E-state index contributed by atoms with van der Waals surface area (Å²) >= 11 is 6.50. The molecular formula is C23H35ClN4O4. The second-order valence-corrected chi connectivity index (χ2v) is 8.98. The molecule has 0 radical (unpaired) electrons. The van der Waals surface area contributed by atoms with Gasteiger partial charge in [0.25, 0.3) is 0 Å². The highest BCUT2D eigenvalue weighted by Gasteiger charge is 2.25. The largest absolute Gasteiger partial charge is 0.449 e. The van der Waals surface area contributed by atoms with Crippen molar-refractivity contribution in [3.05, 3.63) is 17.3 Å². The van der Waals surface area contributed by atoms with E-state index in [1.807, 2.05) is 11.8 Å². The molecule has 3 rings (SSSR count). The average molecular weight is 467 g/mol. The number of hydrogen-bond acceptors (Lipinski definition) is 6. The van der Waals surface area contributed by atoms with E-state index in [4.69, 9.17) is 21.1 Å². The fraction of sp³-hybridized carbons (Fsp3) is 0.696. The first kappa shape index (κ1) is 24.6. The Morgan fingerprint density at radius 2 is 2.25 bits per heavy atom. The van der Waals surface area contributed by atoms with Gasteiger partial charge < -0.3 is 19.3 Å². The van der Waals surface area contributed by atoms with Crippen LogP contribution in [0.25, 0.3) is 0 Å². The lowest BCUT2D eigenvalue weighted by Crippen LogP contribution is -2.40. The van der Waals surface area contributed by atoms with E-state index in [-0.39, 0.29) is 6.04 Å². The third kappa shape index (κ3) is 7.24. The minimum absolute atomic E-state index is 0.287. The van der Waals surface area contributed by atoms with Gasteiger partial charge in [0.05, 0.1) is 23.5 Å². The van der Waals surface area contributed by atoms with Crippen molar-refractivity contribution in [1.29, 1.82) is 0 Å². The first-order valence-electron chi connectivity index (χ1n) is 11.7. The molecule has 0 bridgehead atoms. The summed E-state index contributed by atoms with van der Waals surface area (Å²) in [6, 6.07) is 2.00. The first-order chi connectivity index (χ1) is 15.6. The molecule has 2 unspecified atom stereocenters. The maximum Gasteiger partial charge on any atom is 0.411 e. The van der Waals surface area contributed by atoms with Crippen LogP contribution in [0.4, 0.5) is 16.3 Å². The van der Waals surface area contributed by atoms with Crippen LogP contribution < -0.4 is 10.2 Å². The number of pyridine rings is 1. The molecule has 0 aromatic carbocycles. The van der Waals surface area contributed by atoms with Crippen molar-refractivity contribution in [3.8, 4) is 0 Å². The summed E-state index contributed by atoms with van der Waals surface area (Å²) in [4.78, 5) is 32.1. The Morgan fingerprint density at radius 3 is 3.03 bits per heavy atom. The molecule has 8 nitrogen and oxygen atoms in total. The van der Waals surface area contributed by atoms with Crippen molar-refractivity contribution < 1.29 is 19.1 Å². The van der Waals surface area contributed by atoms with E-state index in [9.17, 15) is 9.59 Å². The lowest BCUT2D eigenvalue weighted by molar-refractivity contribution is -0.120. The molecule has 0 aliphatic carbocycles. The zero-order valence-electron chi connectivity index (χ0n) is 18.9. The zero-order chi connectivity index (χ0) is 22.8. The molecule has 0 spiro atoms. The van der Waals surface area contributed by atoms with Gasteiger partial charge in [-0.25, -0.2) is 9.78 Å². The molecule has 32 heavy (non-hydrogen) atoms. The van der Waals surface area contributed by atoms with Gasteiger partial charge in [0.15, 0.2) is 0 Å². The number of hydrogen-bond donors (Lipinski definition) is 1. The molecule has 9 heteroatoms. The van der Waals surface area contributed by atoms with Crippen molar-refractivity contribution in [2.24, 2.45) is 5.92 Å². The smallest absolute Gasteiger partial charge is 0.411 e. The van der Waals surface area contributed by atoms with Crippen molar-refractivity contribution in [3.63, 3.8) is 0 Å². The second-order valence-electron chi connectivity index (χ2n) is 8.57. The maximum atomic E-state index is 11.7. The number of aromatic nitrogens is 1. The quantitative estimate of drug-likeness (QED) is 0.545. The standard InChI is InChI=1S/C23H35ClN4O4/c1-2-11-32-23(30)26-19-14-21(24)22(25-15-19)27-9-3-5-18(16-27)7-10-28(17-29)20-6-4-12-31-13-8-20/h14-15,17-18,20H,2-13,16H2,1H3,(H,26,30). The van der Waals surface area contributed by atoms with Crippen LogP contribution in [-0.2, 0) is 14.3 Å². The minimum atomic E-state index is -0.504. The van der Waals surface area contributed by atoms with Crippen LogP contribution in [0.5, 0.6) is 0 Å². The Labute approximate surface area is 195 Å². The van der Waals surface area contributed by atoms with Gasteiger partial charge in [0.1, 0.15) is 5.82 Å². The molecule has 2 amide bonds. The van der Waals surface area contributed by atoms with E-state index in [0.717, 1.165) is 90.0 Å². The minimum Gasteiger partial charge on any atom is -0.449 e. The average Bonchev–Trinajstić information content (AvgIpc) is 3.08. The second kappa shape index (κ2) is 12.8. The van der Waals surface area contributed by atoms with Crippen LogP contribution in [0, 0.1) is 5.92 Å². The molecule has 2 fully saturated rings. The van der Waals surface area contributed by atoms with Gasteiger partial charge in [-0.15, -0.1) is 0 Å². The van der Waals surface area contributed by atoms with Gasteiger partial charge in [-0.3, -0.25) is 10.1 Å². The highest BCUT2D eigenvalue weighted by molar-refractivity contribution is 6.33. The molecule has 3 heterocycles. The molecule has 2 aliphatic heterocycles. The van der Waals surface area contributed by atoms with E-state index in [1.54, 1.807) is 12.3 Å². The van der Waals surface area contributed by atoms with Crippen molar-refractivity contribution in [1.82, 2.24) is 9.88 Å². The molecule has 178 valence electrons. The number of piperidine rings is 1. The highest BCUT2D eigenvalue weighted by atomic mass is 35.5. The summed E-state index contributed by atoms with van der Waals surface area (Å²) in [6.45, 7) is 6.37. The fourth-order valence-corrected chi connectivity index (χ4v) is 4.73. The first-order valence-corrected chi connectivity index (χ1v) is 12.1. The van der Waals surface area contributed by atoms with Gasteiger partial charge >= 0.3 is 6.09 Å². The number of ether oxygens (including phenoxy) is 2. The van der Waals surface area contributed by atoms with E-state index >= 15 is 0 Å². The summed E-state index contributed by atoms with van der Waals surface area (Å²) in [5.41, 5.74) is 0.516. The van der Waals surface area contributed by atoms with Crippen LogP contribution >= 0.6 is 11.6 Å². The monoisotopic (exact) mass is 466 g/mol. The molecule has 2 aliphatic rings. The van der Waals surface area contributed by atoms with Crippen LogP contribution in [-0.4, -0.2) is 67.9 Å². The number of nitrogens with zero attached hydrogens (tertiary/aromatic N) is 3. The highest BCUT2D eigenvalue weighted by Crippen LogP contribution is 2.31. The maximum absolute atomic E-state index is 11.7. The Kier molecular flexibility index (Phi) is 9.87. The molecule has 1 aromatic heterocycles. The Bertz CT molecular complexity index is 743. The van der Waals surface area contributed by atoms with Crippen molar-refractivity contribution in [2.45, 2.75) is 57.9 Å². The SMILES string of the molecule is CCCOC(=O)Nc1cnc(N2CCCC(CCN(C=O)C3CCCOCC3)C2)c(Cl)c1. The Balaban J connectivity index is 1.53. The fourth-order valence-electron chi connectivity index (χ4n) is 4.44. The van der Waals surface area contributed by atoms with E-state index in [0.29, 0.717) is 23.2 Å². The number of anilines is 2. The summed E-state index contributed by atoms with van der Waals surface area (Å²) < 4.78 is 10.6. The van der Waals surface area contributed by atoms with E-state index in [1.165, 1.54) is 0 Å². The van der Waals surface area contributed by atoms with Gasteiger partial charge in [0.2, 0.25) is 6.41 Å². The van der Waals surface area contributed by atoms with Crippen LogP contribution in [0.15, 0.2) is 12.3 Å². The normalized spacial score (nSPS) is 21.5. The van der Waals surface area contributed by atoms with E-state index in [2.05, 4.69) is 15.2 Å². The van der Waals surface area contributed by atoms with Crippen LogP contribution in [0.1, 0.15) is 51.9 Å². The number of amides is 2. The third-order valence-electron chi connectivity index (χ3n) is 6.15. The summed E-state index contributed by atoms with van der Waals surface area (Å²) in [7, 11) is 0. The lowest BCUT2D eigenvalue weighted by Gasteiger charge is -2.35. The van der Waals surface area contributed by atoms with Crippen LogP contribution in [0.2, 0.25) is 5.02 Å². The van der Waals surface area contributed by atoms with E-state index < -0.39 is 6.09 Å².